The number of benzene rings is 1. The fourth-order valence-electron chi connectivity index (χ4n) is 1.57. The van der Waals surface area contributed by atoms with Crippen molar-refractivity contribution >= 4 is 11.9 Å². The fourth-order valence-corrected chi connectivity index (χ4v) is 1.57. The third kappa shape index (κ3) is 6.22. The standard InChI is InChI=1S/C15H21NO4/c1-11-5-3-6-13(9-11)20-8-4-7-14(17)16-10-12(2)15(18)19/h3,5-6,9,12H,4,7-8,10H2,1-2H3,(H,16,17)(H,18,19). The largest absolute Gasteiger partial charge is 0.494 e. The second kappa shape index (κ2) is 8.19. The van der Waals surface area contributed by atoms with E-state index in [-0.39, 0.29) is 12.5 Å². The van der Waals surface area contributed by atoms with Gasteiger partial charge in [-0.05, 0) is 31.0 Å². The van der Waals surface area contributed by atoms with E-state index in [2.05, 4.69) is 5.32 Å². The Hall–Kier alpha value is -2.04. The summed E-state index contributed by atoms with van der Waals surface area (Å²) in [6.45, 7) is 4.17. The molecule has 0 aliphatic rings. The van der Waals surface area contributed by atoms with E-state index in [0.29, 0.717) is 19.4 Å². The summed E-state index contributed by atoms with van der Waals surface area (Å²) in [5, 5.41) is 11.3. The van der Waals surface area contributed by atoms with E-state index in [1.807, 2.05) is 31.2 Å². The van der Waals surface area contributed by atoms with Crippen molar-refractivity contribution < 1.29 is 19.4 Å². The molecule has 0 saturated heterocycles. The lowest BCUT2D eigenvalue weighted by atomic mass is 10.2. The molecule has 0 saturated carbocycles. The number of carboxylic acids is 1. The molecule has 1 amide bonds. The maximum atomic E-state index is 11.5. The van der Waals surface area contributed by atoms with Gasteiger partial charge >= 0.3 is 5.97 Å². The minimum Gasteiger partial charge on any atom is -0.494 e. The zero-order valence-electron chi connectivity index (χ0n) is 11.9. The molecule has 0 heterocycles. The third-order valence-corrected chi connectivity index (χ3v) is 2.83. The number of hydrogen-bond acceptors (Lipinski definition) is 3. The molecule has 2 N–H and O–H groups in total. The first kappa shape index (κ1) is 16.0. The van der Waals surface area contributed by atoms with Gasteiger partial charge in [0.25, 0.3) is 0 Å². The lowest BCUT2D eigenvalue weighted by Crippen LogP contribution is -2.31. The lowest BCUT2D eigenvalue weighted by molar-refractivity contribution is -0.141. The van der Waals surface area contributed by atoms with Crippen molar-refractivity contribution in [2.24, 2.45) is 5.92 Å². The quantitative estimate of drug-likeness (QED) is 0.714. The van der Waals surface area contributed by atoms with Gasteiger partial charge in [0.1, 0.15) is 5.75 Å². The summed E-state index contributed by atoms with van der Waals surface area (Å²) in [6.07, 6.45) is 0.930. The number of aliphatic carboxylic acids is 1. The van der Waals surface area contributed by atoms with Crippen LogP contribution in [0.5, 0.6) is 5.75 Å². The van der Waals surface area contributed by atoms with Crippen molar-refractivity contribution in [3.63, 3.8) is 0 Å². The van der Waals surface area contributed by atoms with Crippen LogP contribution in [0.2, 0.25) is 0 Å². The van der Waals surface area contributed by atoms with Crippen LogP contribution in [0.3, 0.4) is 0 Å². The highest BCUT2D eigenvalue weighted by atomic mass is 16.5. The Morgan fingerprint density at radius 2 is 2.15 bits per heavy atom. The molecule has 110 valence electrons. The Balaban J connectivity index is 2.15. The molecular formula is C15H21NO4. The molecule has 5 heteroatoms. The zero-order chi connectivity index (χ0) is 15.0. The number of carbonyl (C=O) groups excluding carboxylic acids is 1. The number of carboxylic acid groups (broad SMARTS) is 1. The van der Waals surface area contributed by atoms with Gasteiger partial charge in [0, 0.05) is 13.0 Å². The van der Waals surface area contributed by atoms with Gasteiger partial charge in [0.2, 0.25) is 5.91 Å². The molecule has 1 aromatic rings. The Bertz CT molecular complexity index is 459. The molecular weight excluding hydrogens is 258 g/mol. The SMILES string of the molecule is Cc1cccc(OCCCC(=O)NCC(C)C(=O)O)c1. The topological polar surface area (TPSA) is 75.6 Å². The monoisotopic (exact) mass is 279 g/mol. The van der Waals surface area contributed by atoms with Crippen molar-refractivity contribution in [2.45, 2.75) is 26.7 Å². The average molecular weight is 279 g/mol. The van der Waals surface area contributed by atoms with Gasteiger partial charge < -0.3 is 15.2 Å². The van der Waals surface area contributed by atoms with Gasteiger partial charge in [-0.2, -0.15) is 0 Å². The molecule has 1 unspecified atom stereocenters. The summed E-state index contributed by atoms with van der Waals surface area (Å²) in [5.74, 6) is -0.827. The number of rotatable bonds is 8. The van der Waals surface area contributed by atoms with Crippen LogP contribution in [0.4, 0.5) is 0 Å². The van der Waals surface area contributed by atoms with Crippen LogP contribution < -0.4 is 10.1 Å². The molecule has 0 fully saturated rings. The first-order valence-electron chi connectivity index (χ1n) is 6.68. The van der Waals surface area contributed by atoms with E-state index in [1.54, 1.807) is 6.92 Å². The Morgan fingerprint density at radius 1 is 1.40 bits per heavy atom. The highest BCUT2D eigenvalue weighted by Crippen LogP contribution is 2.12. The molecule has 0 bridgehead atoms. The highest BCUT2D eigenvalue weighted by Gasteiger charge is 2.11. The molecule has 5 nitrogen and oxygen atoms in total. The van der Waals surface area contributed by atoms with E-state index in [1.165, 1.54) is 0 Å². The van der Waals surface area contributed by atoms with Gasteiger partial charge in [-0.15, -0.1) is 0 Å². The molecule has 1 rings (SSSR count). The lowest BCUT2D eigenvalue weighted by Gasteiger charge is -2.09. The Morgan fingerprint density at radius 3 is 2.80 bits per heavy atom. The smallest absolute Gasteiger partial charge is 0.308 e. The third-order valence-electron chi connectivity index (χ3n) is 2.83. The van der Waals surface area contributed by atoms with E-state index in [0.717, 1.165) is 11.3 Å². The van der Waals surface area contributed by atoms with E-state index in [9.17, 15) is 9.59 Å². The normalized spacial score (nSPS) is 11.7. The van der Waals surface area contributed by atoms with Gasteiger partial charge in [0.05, 0.1) is 12.5 Å². The number of amides is 1. The van der Waals surface area contributed by atoms with Crippen LogP contribution in [0.15, 0.2) is 24.3 Å². The van der Waals surface area contributed by atoms with Gasteiger partial charge in [0.15, 0.2) is 0 Å². The summed E-state index contributed by atoms with van der Waals surface area (Å²) in [7, 11) is 0. The van der Waals surface area contributed by atoms with Crippen molar-refractivity contribution in [2.75, 3.05) is 13.2 Å². The molecule has 1 atom stereocenters. The van der Waals surface area contributed by atoms with Crippen LogP contribution in [-0.2, 0) is 9.59 Å². The van der Waals surface area contributed by atoms with Gasteiger partial charge in [-0.3, -0.25) is 9.59 Å². The van der Waals surface area contributed by atoms with Crippen molar-refractivity contribution in [1.82, 2.24) is 5.32 Å². The van der Waals surface area contributed by atoms with Crippen LogP contribution in [0.25, 0.3) is 0 Å². The number of carbonyl (C=O) groups is 2. The summed E-state index contributed by atoms with van der Waals surface area (Å²) < 4.78 is 5.53. The molecule has 0 aliphatic heterocycles. The van der Waals surface area contributed by atoms with E-state index in [4.69, 9.17) is 9.84 Å². The highest BCUT2D eigenvalue weighted by molar-refractivity contribution is 5.77. The van der Waals surface area contributed by atoms with E-state index < -0.39 is 11.9 Å². The van der Waals surface area contributed by atoms with Crippen molar-refractivity contribution in [3.8, 4) is 5.75 Å². The Kier molecular flexibility index (Phi) is 6.56. The molecule has 20 heavy (non-hydrogen) atoms. The summed E-state index contributed by atoms with van der Waals surface area (Å²) >= 11 is 0. The van der Waals surface area contributed by atoms with Gasteiger partial charge in [-0.25, -0.2) is 0 Å². The number of hydrogen-bond donors (Lipinski definition) is 2. The molecule has 1 aromatic carbocycles. The molecule has 0 aromatic heterocycles. The van der Waals surface area contributed by atoms with Crippen LogP contribution >= 0.6 is 0 Å². The van der Waals surface area contributed by atoms with Crippen molar-refractivity contribution in [1.29, 1.82) is 0 Å². The summed E-state index contributed by atoms with van der Waals surface area (Å²) in [6, 6.07) is 7.73. The predicted octanol–water partition coefficient (Wildman–Crippen LogP) is 1.99. The Labute approximate surface area is 118 Å². The average Bonchev–Trinajstić information content (AvgIpc) is 2.41. The number of aryl methyl sites for hydroxylation is 1. The minimum absolute atomic E-state index is 0.147. The summed E-state index contributed by atoms with van der Waals surface area (Å²) in [5.41, 5.74) is 1.13. The zero-order valence-corrected chi connectivity index (χ0v) is 11.9. The van der Waals surface area contributed by atoms with E-state index >= 15 is 0 Å². The maximum Gasteiger partial charge on any atom is 0.308 e. The first-order valence-corrected chi connectivity index (χ1v) is 6.68. The summed E-state index contributed by atoms with van der Waals surface area (Å²) in [4.78, 5) is 22.1. The maximum absolute atomic E-state index is 11.5. The molecule has 0 aliphatic carbocycles. The first-order chi connectivity index (χ1) is 9.49. The van der Waals surface area contributed by atoms with Crippen LogP contribution in [0.1, 0.15) is 25.3 Å². The van der Waals surface area contributed by atoms with Crippen molar-refractivity contribution in [3.05, 3.63) is 29.8 Å². The number of ether oxygens (including phenoxy) is 1. The minimum atomic E-state index is -0.909. The molecule has 0 spiro atoms. The van der Waals surface area contributed by atoms with Crippen LogP contribution in [0, 0.1) is 12.8 Å². The molecule has 0 radical (unpaired) electrons. The second-order valence-electron chi connectivity index (χ2n) is 4.81. The fraction of sp³-hybridized carbons (Fsp3) is 0.467. The predicted molar refractivity (Wildman–Crippen MR) is 75.7 cm³/mol. The number of nitrogens with one attached hydrogen (secondary N) is 1. The van der Waals surface area contributed by atoms with Crippen LogP contribution in [-0.4, -0.2) is 30.1 Å². The van der Waals surface area contributed by atoms with Gasteiger partial charge in [-0.1, -0.05) is 19.1 Å². The second-order valence-corrected chi connectivity index (χ2v) is 4.81.